The number of carbonyl (C=O) groups is 1. The van der Waals surface area contributed by atoms with Crippen molar-refractivity contribution in [1.82, 2.24) is 0 Å². The van der Waals surface area contributed by atoms with Crippen LogP contribution >= 0.6 is 11.6 Å². The molecule has 0 spiro atoms. The molecular weight excluding hydrogens is 310 g/mol. The van der Waals surface area contributed by atoms with Gasteiger partial charge in [-0.1, -0.05) is 48.0 Å². The van der Waals surface area contributed by atoms with Crippen LogP contribution in [-0.2, 0) is 11.2 Å². The molecule has 3 N–H and O–H groups in total. The number of aryl methyl sites for hydroxylation is 1. The first-order chi connectivity index (χ1) is 11.1. The highest BCUT2D eigenvalue weighted by molar-refractivity contribution is 6.32. The van der Waals surface area contributed by atoms with Gasteiger partial charge in [-0.15, -0.1) is 0 Å². The van der Waals surface area contributed by atoms with Gasteiger partial charge in [0.05, 0.1) is 5.92 Å². The van der Waals surface area contributed by atoms with E-state index in [0.29, 0.717) is 29.1 Å². The molecule has 0 aromatic heterocycles. The Bertz CT molecular complexity index is 693. The first-order valence-corrected chi connectivity index (χ1v) is 7.66. The number of hydrogen-bond donors (Lipinski definition) is 3. The number of anilines is 1. The van der Waals surface area contributed by atoms with Crippen LogP contribution in [0.3, 0.4) is 0 Å². The molecule has 0 fully saturated rings. The number of rotatable bonds is 7. The Kier molecular flexibility index (Phi) is 6.06. The average Bonchev–Trinajstić information content (AvgIpc) is 2.57. The van der Waals surface area contributed by atoms with Gasteiger partial charge in [-0.3, -0.25) is 4.79 Å². The summed E-state index contributed by atoms with van der Waals surface area (Å²) in [4.78, 5) is 12.0. The lowest BCUT2D eigenvalue weighted by Gasteiger charge is -2.11. The van der Waals surface area contributed by atoms with E-state index in [4.69, 9.17) is 22.4 Å². The van der Waals surface area contributed by atoms with Crippen molar-refractivity contribution in [2.24, 2.45) is 0 Å². The van der Waals surface area contributed by atoms with Gasteiger partial charge in [-0.05, 0) is 29.7 Å². The second kappa shape index (κ2) is 8.25. The SMILES string of the molecule is N=CC(C=N)c1ccc(NC(=O)CCc2ccccc2)cc1Cl. The van der Waals surface area contributed by atoms with Crippen LogP contribution in [0.25, 0.3) is 0 Å². The quantitative estimate of drug-likeness (QED) is 0.652. The molecule has 0 saturated carbocycles. The number of benzene rings is 2. The predicted octanol–water partition coefficient (Wildman–Crippen LogP) is 4.29. The number of halogens is 1. The lowest BCUT2D eigenvalue weighted by molar-refractivity contribution is -0.116. The molecule has 118 valence electrons. The van der Waals surface area contributed by atoms with Gasteiger partial charge in [-0.2, -0.15) is 0 Å². The smallest absolute Gasteiger partial charge is 0.224 e. The molecule has 0 atom stereocenters. The van der Waals surface area contributed by atoms with Crippen molar-refractivity contribution in [1.29, 1.82) is 10.8 Å². The van der Waals surface area contributed by atoms with Crippen LogP contribution in [0.4, 0.5) is 5.69 Å². The van der Waals surface area contributed by atoms with Crippen molar-refractivity contribution in [3.8, 4) is 0 Å². The minimum Gasteiger partial charge on any atom is -0.326 e. The second-order valence-corrected chi connectivity index (χ2v) is 5.54. The lowest BCUT2D eigenvalue weighted by Crippen LogP contribution is -2.12. The summed E-state index contributed by atoms with van der Waals surface area (Å²) in [5, 5.41) is 17.8. The van der Waals surface area contributed by atoms with Gasteiger partial charge >= 0.3 is 0 Å². The van der Waals surface area contributed by atoms with Crippen molar-refractivity contribution in [2.75, 3.05) is 5.32 Å². The fourth-order valence-electron chi connectivity index (χ4n) is 2.23. The average molecular weight is 328 g/mol. The summed E-state index contributed by atoms with van der Waals surface area (Å²) in [6, 6.07) is 15.0. The van der Waals surface area contributed by atoms with Crippen LogP contribution in [0.1, 0.15) is 23.5 Å². The molecule has 4 nitrogen and oxygen atoms in total. The predicted molar refractivity (Wildman–Crippen MR) is 95.2 cm³/mol. The number of hydrogen-bond acceptors (Lipinski definition) is 3. The molecule has 2 aromatic carbocycles. The molecule has 2 aromatic rings. The van der Waals surface area contributed by atoms with Gasteiger partial charge < -0.3 is 16.1 Å². The van der Waals surface area contributed by atoms with E-state index in [9.17, 15) is 4.79 Å². The Morgan fingerprint density at radius 1 is 1.13 bits per heavy atom. The molecule has 0 aliphatic carbocycles. The van der Waals surface area contributed by atoms with Crippen LogP contribution in [0.15, 0.2) is 48.5 Å². The highest BCUT2D eigenvalue weighted by atomic mass is 35.5. The maximum atomic E-state index is 12.0. The topological polar surface area (TPSA) is 76.8 Å². The fraction of sp³-hybridized carbons (Fsp3) is 0.167. The van der Waals surface area contributed by atoms with E-state index in [1.165, 1.54) is 0 Å². The minimum absolute atomic E-state index is 0.0756. The van der Waals surface area contributed by atoms with E-state index in [2.05, 4.69) is 5.32 Å². The molecule has 0 heterocycles. The van der Waals surface area contributed by atoms with Crippen molar-refractivity contribution in [3.63, 3.8) is 0 Å². The Hall–Kier alpha value is -2.46. The Balaban J connectivity index is 1.97. The molecule has 0 aliphatic heterocycles. The van der Waals surface area contributed by atoms with Crippen molar-refractivity contribution >= 4 is 35.6 Å². The summed E-state index contributed by atoms with van der Waals surface area (Å²) in [6.07, 6.45) is 3.40. The van der Waals surface area contributed by atoms with Gasteiger partial charge in [0, 0.05) is 29.6 Å². The maximum Gasteiger partial charge on any atom is 0.224 e. The molecule has 0 unspecified atom stereocenters. The number of amides is 1. The molecule has 0 radical (unpaired) electrons. The van der Waals surface area contributed by atoms with E-state index in [-0.39, 0.29) is 5.91 Å². The first kappa shape index (κ1) is 16.9. The van der Waals surface area contributed by atoms with Gasteiger partial charge in [0.15, 0.2) is 0 Å². The highest BCUT2D eigenvalue weighted by Gasteiger charge is 2.11. The largest absolute Gasteiger partial charge is 0.326 e. The molecule has 5 heteroatoms. The van der Waals surface area contributed by atoms with Gasteiger partial charge in [0.1, 0.15) is 0 Å². The zero-order chi connectivity index (χ0) is 16.7. The number of carbonyl (C=O) groups excluding carboxylic acids is 1. The molecule has 23 heavy (non-hydrogen) atoms. The normalized spacial score (nSPS) is 11.5. The molecule has 1 amide bonds. The van der Waals surface area contributed by atoms with Crippen molar-refractivity contribution in [2.45, 2.75) is 18.8 Å². The third-order valence-electron chi connectivity index (χ3n) is 3.49. The summed E-state index contributed by atoms with van der Waals surface area (Å²) in [5.41, 5.74) is 2.42. The third-order valence-corrected chi connectivity index (χ3v) is 3.81. The standard InChI is InChI=1S/C18H18ClN3O/c19-17-10-15(7-8-16(17)14(11-20)12-21)22-18(23)9-6-13-4-2-1-3-5-13/h1-5,7-8,10-12,14,20-21H,6,9H2,(H,22,23). The Morgan fingerprint density at radius 3 is 2.43 bits per heavy atom. The lowest BCUT2D eigenvalue weighted by atomic mass is 10.0. The van der Waals surface area contributed by atoms with Gasteiger partial charge in [0.25, 0.3) is 0 Å². The van der Waals surface area contributed by atoms with Crippen LogP contribution in [0.2, 0.25) is 5.02 Å². The summed E-state index contributed by atoms with van der Waals surface area (Å²) in [7, 11) is 0. The second-order valence-electron chi connectivity index (χ2n) is 5.13. The Morgan fingerprint density at radius 2 is 1.83 bits per heavy atom. The van der Waals surface area contributed by atoms with Crippen LogP contribution < -0.4 is 5.32 Å². The van der Waals surface area contributed by atoms with E-state index in [0.717, 1.165) is 18.0 Å². The van der Waals surface area contributed by atoms with Crippen molar-refractivity contribution in [3.05, 3.63) is 64.7 Å². The Labute approximate surface area is 140 Å². The monoisotopic (exact) mass is 327 g/mol. The number of nitrogens with one attached hydrogen (secondary N) is 3. The van der Waals surface area contributed by atoms with E-state index in [1.807, 2.05) is 30.3 Å². The van der Waals surface area contributed by atoms with Crippen LogP contribution in [-0.4, -0.2) is 18.3 Å². The fourth-order valence-corrected chi connectivity index (χ4v) is 2.54. The molecule has 0 saturated heterocycles. The molecule has 0 bridgehead atoms. The van der Waals surface area contributed by atoms with Crippen LogP contribution in [0, 0.1) is 10.8 Å². The van der Waals surface area contributed by atoms with E-state index in [1.54, 1.807) is 18.2 Å². The van der Waals surface area contributed by atoms with E-state index >= 15 is 0 Å². The van der Waals surface area contributed by atoms with Gasteiger partial charge in [0.2, 0.25) is 5.91 Å². The van der Waals surface area contributed by atoms with Crippen LogP contribution in [0.5, 0.6) is 0 Å². The summed E-state index contributed by atoms with van der Waals surface area (Å²) in [5.74, 6) is -0.515. The molecule has 2 rings (SSSR count). The summed E-state index contributed by atoms with van der Waals surface area (Å²) < 4.78 is 0. The zero-order valence-corrected chi connectivity index (χ0v) is 13.3. The van der Waals surface area contributed by atoms with Gasteiger partial charge in [-0.25, -0.2) is 0 Å². The first-order valence-electron chi connectivity index (χ1n) is 7.28. The van der Waals surface area contributed by atoms with E-state index < -0.39 is 5.92 Å². The molecule has 0 aliphatic rings. The molecular formula is C18H18ClN3O. The minimum atomic E-state index is -0.440. The zero-order valence-electron chi connectivity index (χ0n) is 12.6. The third kappa shape index (κ3) is 4.76. The maximum absolute atomic E-state index is 12.0. The highest BCUT2D eigenvalue weighted by Crippen LogP contribution is 2.26. The summed E-state index contributed by atoms with van der Waals surface area (Å²) in [6.45, 7) is 0. The van der Waals surface area contributed by atoms with Crippen molar-refractivity contribution < 1.29 is 4.79 Å². The summed E-state index contributed by atoms with van der Waals surface area (Å²) >= 11 is 6.18.